The lowest BCUT2D eigenvalue weighted by molar-refractivity contribution is 0.102. The fraction of sp³-hybridized carbons (Fsp3) is 0.316. The Balaban J connectivity index is 1.95. The van der Waals surface area contributed by atoms with Crippen LogP contribution in [-0.4, -0.2) is 19.6 Å². The van der Waals surface area contributed by atoms with Crippen LogP contribution in [-0.2, 0) is 0 Å². The predicted molar refractivity (Wildman–Crippen MR) is 100 cm³/mol. The topological polar surface area (TPSA) is 47.6 Å². The monoisotopic (exact) mass is 391 g/mol. The smallest absolute Gasteiger partial charge is 0.255 e. The second-order valence-electron chi connectivity index (χ2n) is 5.86. The first kappa shape index (κ1) is 18.3. The molecule has 0 fully saturated rings. The van der Waals surface area contributed by atoms with Gasteiger partial charge in [0.1, 0.15) is 11.5 Å². The summed E-state index contributed by atoms with van der Waals surface area (Å²) in [7, 11) is 1.59. The van der Waals surface area contributed by atoms with Crippen molar-refractivity contribution in [2.75, 3.05) is 19.0 Å². The molecule has 0 saturated heterocycles. The zero-order valence-corrected chi connectivity index (χ0v) is 15.7. The molecule has 0 radical (unpaired) electrons. The normalized spacial score (nSPS) is 10.5. The molecule has 24 heavy (non-hydrogen) atoms. The number of hydrogen-bond donors (Lipinski definition) is 1. The van der Waals surface area contributed by atoms with Crippen LogP contribution in [0.1, 0.15) is 30.6 Å². The minimum atomic E-state index is -0.174. The number of benzene rings is 2. The molecule has 2 rings (SSSR count). The van der Waals surface area contributed by atoms with Crippen molar-refractivity contribution in [1.82, 2.24) is 0 Å². The van der Waals surface area contributed by atoms with Gasteiger partial charge in [-0.3, -0.25) is 4.79 Å². The van der Waals surface area contributed by atoms with Crippen LogP contribution in [0, 0.1) is 5.92 Å². The van der Waals surface area contributed by atoms with Crippen molar-refractivity contribution in [3.8, 4) is 11.5 Å². The second kappa shape index (κ2) is 8.73. The highest BCUT2D eigenvalue weighted by molar-refractivity contribution is 9.10. The zero-order valence-electron chi connectivity index (χ0n) is 14.1. The van der Waals surface area contributed by atoms with Gasteiger partial charge >= 0.3 is 0 Å². The molecule has 4 nitrogen and oxygen atoms in total. The zero-order chi connectivity index (χ0) is 17.5. The van der Waals surface area contributed by atoms with E-state index in [1.165, 1.54) is 0 Å². The summed E-state index contributed by atoms with van der Waals surface area (Å²) in [5.74, 6) is 1.94. The van der Waals surface area contributed by atoms with Gasteiger partial charge in [0, 0.05) is 11.3 Å². The van der Waals surface area contributed by atoms with Crippen molar-refractivity contribution >= 4 is 27.5 Å². The number of halogens is 1. The Hall–Kier alpha value is -2.01. The number of amides is 1. The molecule has 0 spiro atoms. The molecular weight excluding hydrogens is 370 g/mol. The highest BCUT2D eigenvalue weighted by Crippen LogP contribution is 2.26. The third-order valence-corrected chi connectivity index (χ3v) is 4.11. The first-order chi connectivity index (χ1) is 11.5. The van der Waals surface area contributed by atoms with E-state index in [-0.39, 0.29) is 5.91 Å². The molecule has 0 saturated carbocycles. The van der Waals surface area contributed by atoms with E-state index in [9.17, 15) is 4.79 Å². The molecule has 0 heterocycles. The molecule has 0 aliphatic heterocycles. The van der Waals surface area contributed by atoms with Crippen LogP contribution in [0.5, 0.6) is 11.5 Å². The average Bonchev–Trinajstić information content (AvgIpc) is 2.56. The lowest BCUT2D eigenvalue weighted by Crippen LogP contribution is -2.11. The molecule has 128 valence electrons. The van der Waals surface area contributed by atoms with E-state index in [2.05, 4.69) is 35.1 Å². The maximum atomic E-state index is 12.3. The van der Waals surface area contributed by atoms with Crippen molar-refractivity contribution in [2.24, 2.45) is 5.92 Å². The fourth-order valence-corrected chi connectivity index (χ4v) is 2.60. The van der Waals surface area contributed by atoms with E-state index in [0.717, 1.165) is 22.3 Å². The SMILES string of the molecule is COc1ccc(C(=O)Nc2ccc(OCCC(C)C)cc2)cc1Br. The summed E-state index contributed by atoms with van der Waals surface area (Å²) in [6.07, 6.45) is 1.02. The maximum Gasteiger partial charge on any atom is 0.255 e. The van der Waals surface area contributed by atoms with Crippen LogP contribution in [0.3, 0.4) is 0 Å². The largest absolute Gasteiger partial charge is 0.496 e. The Bertz CT molecular complexity index is 684. The fourth-order valence-electron chi connectivity index (χ4n) is 2.06. The summed E-state index contributed by atoms with van der Waals surface area (Å²) in [5.41, 5.74) is 1.28. The van der Waals surface area contributed by atoms with Gasteiger partial charge < -0.3 is 14.8 Å². The average molecular weight is 392 g/mol. The third-order valence-electron chi connectivity index (χ3n) is 3.49. The van der Waals surface area contributed by atoms with Crippen LogP contribution >= 0.6 is 15.9 Å². The maximum absolute atomic E-state index is 12.3. The molecule has 2 aromatic carbocycles. The molecule has 2 aromatic rings. The van der Waals surface area contributed by atoms with E-state index in [1.54, 1.807) is 25.3 Å². The van der Waals surface area contributed by atoms with E-state index in [4.69, 9.17) is 9.47 Å². The van der Waals surface area contributed by atoms with E-state index in [0.29, 0.717) is 23.8 Å². The molecular formula is C19H22BrNO3. The molecule has 1 N–H and O–H groups in total. The predicted octanol–water partition coefficient (Wildman–Crippen LogP) is 5.13. The number of methoxy groups -OCH3 is 1. The molecule has 0 aliphatic carbocycles. The summed E-state index contributed by atoms with van der Waals surface area (Å²) >= 11 is 3.38. The van der Waals surface area contributed by atoms with Crippen molar-refractivity contribution in [3.05, 3.63) is 52.5 Å². The van der Waals surface area contributed by atoms with Crippen LogP contribution in [0.4, 0.5) is 5.69 Å². The van der Waals surface area contributed by atoms with Gasteiger partial charge in [-0.05, 0) is 70.7 Å². The van der Waals surface area contributed by atoms with Gasteiger partial charge in [-0.25, -0.2) is 0 Å². The minimum absolute atomic E-state index is 0.174. The van der Waals surface area contributed by atoms with Gasteiger partial charge in [0.25, 0.3) is 5.91 Å². The first-order valence-corrected chi connectivity index (χ1v) is 8.66. The van der Waals surface area contributed by atoms with Crippen LogP contribution < -0.4 is 14.8 Å². The standard InChI is InChI=1S/C19H22BrNO3/c1-13(2)10-11-24-16-7-5-15(6-8-16)21-19(22)14-4-9-18(23-3)17(20)12-14/h4-9,12-13H,10-11H2,1-3H3,(H,21,22). The van der Waals surface area contributed by atoms with Crippen molar-refractivity contribution in [1.29, 1.82) is 0 Å². The summed E-state index contributed by atoms with van der Waals surface area (Å²) in [4.78, 5) is 12.3. The molecule has 0 aromatic heterocycles. The van der Waals surface area contributed by atoms with Crippen molar-refractivity contribution in [3.63, 3.8) is 0 Å². The van der Waals surface area contributed by atoms with Crippen LogP contribution in [0.2, 0.25) is 0 Å². The quantitative estimate of drug-likeness (QED) is 0.710. The highest BCUT2D eigenvalue weighted by Gasteiger charge is 2.09. The number of ether oxygens (including phenoxy) is 2. The van der Waals surface area contributed by atoms with Gasteiger partial charge in [-0.2, -0.15) is 0 Å². The highest BCUT2D eigenvalue weighted by atomic mass is 79.9. The summed E-state index contributed by atoms with van der Waals surface area (Å²) < 4.78 is 11.6. The lowest BCUT2D eigenvalue weighted by Gasteiger charge is -2.10. The number of hydrogen-bond acceptors (Lipinski definition) is 3. The Labute approximate surface area is 151 Å². The Morgan fingerprint density at radius 2 is 1.88 bits per heavy atom. The molecule has 1 amide bonds. The third kappa shape index (κ3) is 5.27. The van der Waals surface area contributed by atoms with Crippen LogP contribution in [0.15, 0.2) is 46.9 Å². The number of nitrogens with one attached hydrogen (secondary N) is 1. The lowest BCUT2D eigenvalue weighted by atomic mass is 10.1. The van der Waals surface area contributed by atoms with Gasteiger partial charge in [0.05, 0.1) is 18.2 Å². The first-order valence-electron chi connectivity index (χ1n) is 7.87. The summed E-state index contributed by atoms with van der Waals surface area (Å²) in [6.45, 7) is 5.03. The minimum Gasteiger partial charge on any atom is -0.496 e. The van der Waals surface area contributed by atoms with Gasteiger partial charge in [0.15, 0.2) is 0 Å². The molecule has 0 atom stereocenters. The summed E-state index contributed by atoms with van der Waals surface area (Å²) in [5, 5.41) is 2.87. The van der Waals surface area contributed by atoms with Crippen LogP contribution in [0.25, 0.3) is 0 Å². The summed E-state index contributed by atoms with van der Waals surface area (Å²) in [6, 6.07) is 12.6. The van der Waals surface area contributed by atoms with Gasteiger partial charge in [-0.1, -0.05) is 13.8 Å². The molecule has 0 bridgehead atoms. The van der Waals surface area contributed by atoms with Crippen molar-refractivity contribution in [2.45, 2.75) is 20.3 Å². The molecule has 0 unspecified atom stereocenters. The van der Waals surface area contributed by atoms with E-state index >= 15 is 0 Å². The number of carbonyl (C=O) groups excluding carboxylic acids is 1. The van der Waals surface area contributed by atoms with E-state index < -0.39 is 0 Å². The molecule has 0 aliphatic rings. The second-order valence-corrected chi connectivity index (χ2v) is 6.71. The van der Waals surface area contributed by atoms with Gasteiger partial charge in [0.2, 0.25) is 0 Å². The Morgan fingerprint density at radius 3 is 2.46 bits per heavy atom. The number of rotatable bonds is 7. The van der Waals surface area contributed by atoms with Crippen molar-refractivity contribution < 1.29 is 14.3 Å². The van der Waals surface area contributed by atoms with Gasteiger partial charge in [-0.15, -0.1) is 0 Å². The Morgan fingerprint density at radius 1 is 1.17 bits per heavy atom. The van der Waals surface area contributed by atoms with E-state index in [1.807, 2.05) is 24.3 Å². The number of carbonyl (C=O) groups is 1. The Kier molecular flexibility index (Phi) is 6.67. The molecule has 5 heteroatoms. The number of anilines is 1.